The van der Waals surface area contributed by atoms with Gasteiger partial charge in [0.2, 0.25) is 0 Å². The molecule has 0 saturated heterocycles. The Morgan fingerprint density at radius 1 is 1.41 bits per heavy atom. The van der Waals surface area contributed by atoms with Crippen LogP contribution in [0.25, 0.3) is 11.3 Å². The third kappa shape index (κ3) is 1.44. The summed E-state index contributed by atoms with van der Waals surface area (Å²) < 4.78 is 28.4. The minimum atomic E-state index is -3.35. The largest absolute Gasteiger partial charge is 0.223 e. The molecule has 0 bridgehead atoms. The van der Waals surface area contributed by atoms with Crippen molar-refractivity contribution in [1.82, 2.24) is 9.59 Å². The molecule has 0 N–H and O–H groups in total. The highest BCUT2D eigenvalue weighted by Crippen LogP contribution is 2.45. The predicted octanol–water partition coefficient (Wildman–Crippen LogP) is 2.71. The quantitative estimate of drug-likeness (QED) is 0.747. The lowest BCUT2D eigenvalue weighted by Crippen LogP contribution is -2.16. The van der Waals surface area contributed by atoms with E-state index in [9.17, 15) is 8.42 Å². The van der Waals surface area contributed by atoms with Crippen molar-refractivity contribution in [3.63, 3.8) is 0 Å². The zero-order valence-corrected chi connectivity index (χ0v) is 11.1. The smallest absolute Gasteiger partial charge is 0.186 e. The topological polar surface area (TPSA) is 59.9 Å². The summed E-state index contributed by atoms with van der Waals surface area (Å²) in [5, 5.41) is 3.90. The first-order valence-corrected chi connectivity index (χ1v) is 7.57. The van der Waals surface area contributed by atoms with E-state index in [0.29, 0.717) is 21.2 Å². The van der Waals surface area contributed by atoms with E-state index in [1.807, 2.05) is 0 Å². The second-order valence-electron chi connectivity index (χ2n) is 3.81. The average Bonchev–Trinajstić information content (AvgIpc) is 2.75. The van der Waals surface area contributed by atoms with Crippen LogP contribution in [-0.4, -0.2) is 18.0 Å². The minimum Gasteiger partial charge on any atom is -0.223 e. The van der Waals surface area contributed by atoms with E-state index in [1.165, 1.54) is 6.07 Å². The Morgan fingerprint density at radius 3 is 2.94 bits per heavy atom. The van der Waals surface area contributed by atoms with E-state index in [-0.39, 0.29) is 4.90 Å². The summed E-state index contributed by atoms with van der Waals surface area (Å²) >= 11 is 7.02. The van der Waals surface area contributed by atoms with E-state index < -0.39 is 15.1 Å². The first kappa shape index (κ1) is 11.1. The van der Waals surface area contributed by atoms with Crippen LogP contribution in [-0.2, 0) is 9.84 Å². The summed E-state index contributed by atoms with van der Waals surface area (Å²) in [6.07, 6.45) is 0. The van der Waals surface area contributed by atoms with Crippen LogP contribution in [0.15, 0.2) is 23.1 Å². The molecule has 3 rings (SSSR count). The molecule has 1 aliphatic rings. The molecule has 0 spiro atoms. The van der Waals surface area contributed by atoms with Crippen LogP contribution in [0.4, 0.5) is 0 Å². The molecule has 1 aromatic carbocycles. The van der Waals surface area contributed by atoms with Crippen molar-refractivity contribution in [2.24, 2.45) is 0 Å². The molecule has 0 unspecified atom stereocenters. The molecular formula is C10H7ClN2O2S2. The molecule has 1 aromatic heterocycles. The Bertz CT molecular complexity index is 709. The average molecular weight is 287 g/mol. The van der Waals surface area contributed by atoms with Crippen LogP contribution in [0.1, 0.15) is 17.1 Å². The molecule has 4 nitrogen and oxygen atoms in total. The molecule has 0 radical (unpaired) electrons. The number of benzene rings is 1. The van der Waals surface area contributed by atoms with Crippen molar-refractivity contribution in [2.75, 3.05) is 0 Å². The summed E-state index contributed by atoms with van der Waals surface area (Å²) in [5.41, 5.74) is 1.19. The molecule has 88 valence electrons. The van der Waals surface area contributed by atoms with Crippen molar-refractivity contribution >= 4 is 33.0 Å². The molecule has 17 heavy (non-hydrogen) atoms. The van der Waals surface area contributed by atoms with Gasteiger partial charge in [-0.05, 0) is 36.7 Å². The van der Waals surface area contributed by atoms with Gasteiger partial charge in [-0.1, -0.05) is 16.1 Å². The van der Waals surface area contributed by atoms with Crippen LogP contribution < -0.4 is 0 Å². The summed E-state index contributed by atoms with van der Waals surface area (Å²) in [7, 11) is -3.35. The van der Waals surface area contributed by atoms with Gasteiger partial charge in [-0.2, -0.15) is 0 Å². The number of hydrogen-bond acceptors (Lipinski definition) is 5. The molecule has 1 atom stereocenters. The normalized spacial score (nSPS) is 20.7. The Hall–Kier alpha value is -0.980. The van der Waals surface area contributed by atoms with Crippen molar-refractivity contribution in [3.05, 3.63) is 28.1 Å². The minimum absolute atomic E-state index is 0.287. The lowest BCUT2D eigenvalue weighted by atomic mass is 10.1. The Balaban J connectivity index is 2.45. The van der Waals surface area contributed by atoms with Gasteiger partial charge in [0.25, 0.3) is 0 Å². The fourth-order valence-corrected chi connectivity index (χ4v) is 4.69. The second kappa shape index (κ2) is 3.51. The van der Waals surface area contributed by atoms with Crippen LogP contribution in [0.3, 0.4) is 0 Å². The van der Waals surface area contributed by atoms with Gasteiger partial charge in [0.05, 0.1) is 9.77 Å². The van der Waals surface area contributed by atoms with E-state index in [1.54, 1.807) is 19.1 Å². The van der Waals surface area contributed by atoms with Gasteiger partial charge in [0, 0.05) is 10.6 Å². The first-order valence-electron chi connectivity index (χ1n) is 4.88. The van der Waals surface area contributed by atoms with Gasteiger partial charge in [0.1, 0.15) is 10.9 Å². The number of hydrogen-bond donors (Lipinski definition) is 0. The van der Waals surface area contributed by atoms with Crippen molar-refractivity contribution in [3.8, 4) is 11.3 Å². The highest BCUT2D eigenvalue weighted by atomic mass is 35.5. The van der Waals surface area contributed by atoms with Gasteiger partial charge in [-0.3, -0.25) is 0 Å². The van der Waals surface area contributed by atoms with Crippen molar-refractivity contribution in [2.45, 2.75) is 17.1 Å². The number of aromatic nitrogens is 2. The Kier molecular flexibility index (Phi) is 2.30. The molecule has 0 amide bonds. The lowest BCUT2D eigenvalue weighted by Gasteiger charge is -2.20. The SMILES string of the molecule is C[C@@H]1c2snnc2-c2cc(Cl)ccc2S1(=O)=O. The first-order chi connectivity index (χ1) is 8.01. The second-order valence-corrected chi connectivity index (χ2v) is 7.27. The summed E-state index contributed by atoms with van der Waals surface area (Å²) in [4.78, 5) is 0.967. The molecule has 2 heterocycles. The van der Waals surface area contributed by atoms with Gasteiger partial charge in [0.15, 0.2) is 9.84 Å². The maximum Gasteiger partial charge on any atom is 0.186 e. The summed E-state index contributed by atoms with van der Waals surface area (Å²) in [6, 6.07) is 4.74. The van der Waals surface area contributed by atoms with Crippen LogP contribution in [0, 0.1) is 0 Å². The van der Waals surface area contributed by atoms with E-state index in [4.69, 9.17) is 11.6 Å². The van der Waals surface area contributed by atoms with Crippen molar-refractivity contribution in [1.29, 1.82) is 0 Å². The standard InChI is InChI=1S/C10H7ClN2O2S2/c1-5-10-9(12-13-16-10)7-4-6(11)2-3-8(7)17(5,14)15/h2-5H,1H3/t5-/m1/s1. The monoisotopic (exact) mass is 286 g/mol. The highest BCUT2D eigenvalue weighted by molar-refractivity contribution is 7.92. The fraction of sp³-hybridized carbons (Fsp3) is 0.200. The van der Waals surface area contributed by atoms with Gasteiger partial charge < -0.3 is 0 Å². The molecule has 1 aliphatic heterocycles. The van der Waals surface area contributed by atoms with E-state index >= 15 is 0 Å². The summed E-state index contributed by atoms with van der Waals surface area (Å²) in [6.45, 7) is 1.66. The maximum atomic E-state index is 12.3. The fourth-order valence-electron chi connectivity index (χ4n) is 1.92. The number of nitrogens with zero attached hydrogens (tertiary/aromatic N) is 2. The summed E-state index contributed by atoms with van der Waals surface area (Å²) in [5.74, 6) is 0. The highest BCUT2D eigenvalue weighted by Gasteiger charge is 2.37. The van der Waals surface area contributed by atoms with Crippen LogP contribution in [0.2, 0.25) is 5.02 Å². The predicted molar refractivity (Wildman–Crippen MR) is 66.0 cm³/mol. The van der Waals surface area contributed by atoms with Gasteiger partial charge in [-0.15, -0.1) is 5.10 Å². The van der Waals surface area contributed by atoms with Gasteiger partial charge >= 0.3 is 0 Å². The van der Waals surface area contributed by atoms with Crippen LogP contribution in [0.5, 0.6) is 0 Å². The maximum absolute atomic E-state index is 12.3. The Labute approximate surface area is 107 Å². The molecule has 2 aromatic rings. The number of sulfone groups is 1. The Morgan fingerprint density at radius 2 is 2.18 bits per heavy atom. The van der Waals surface area contributed by atoms with E-state index in [2.05, 4.69) is 9.59 Å². The number of rotatable bonds is 0. The third-order valence-corrected chi connectivity index (χ3v) is 6.28. The number of halogens is 1. The zero-order valence-electron chi connectivity index (χ0n) is 8.71. The zero-order chi connectivity index (χ0) is 12.2. The van der Waals surface area contributed by atoms with Crippen LogP contribution >= 0.6 is 23.1 Å². The molecule has 0 aliphatic carbocycles. The van der Waals surface area contributed by atoms with E-state index in [0.717, 1.165) is 11.5 Å². The lowest BCUT2D eigenvalue weighted by molar-refractivity contribution is 0.586. The van der Waals surface area contributed by atoms with Crippen molar-refractivity contribution < 1.29 is 8.42 Å². The third-order valence-electron chi connectivity index (χ3n) is 2.85. The van der Waals surface area contributed by atoms with Gasteiger partial charge in [-0.25, -0.2) is 8.42 Å². The molecule has 7 heteroatoms. The molecule has 0 saturated carbocycles. The molecular weight excluding hydrogens is 280 g/mol. The molecule has 0 fully saturated rings. The number of fused-ring (bicyclic) bond motifs is 3.